The molecule has 7 nitrogen and oxygen atoms in total. The van der Waals surface area contributed by atoms with Crippen LogP contribution in [0, 0.1) is 11.3 Å². The molecule has 1 aliphatic heterocycles. The summed E-state index contributed by atoms with van der Waals surface area (Å²) in [5, 5.41) is 20.3. The van der Waals surface area contributed by atoms with Crippen LogP contribution in [0.15, 0.2) is 64.8 Å². The van der Waals surface area contributed by atoms with Crippen LogP contribution in [0.2, 0.25) is 0 Å². The van der Waals surface area contributed by atoms with Crippen LogP contribution in [0.4, 0.5) is 5.69 Å². The van der Waals surface area contributed by atoms with E-state index in [1.54, 1.807) is 18.2 Å². The normalized spacial score (nSPS) is 17.8. The first kappa shape index (κ1) is 28.7. The van der Waals surface area contributed by atoms with Gasteiger partial charge in [-0.2, -0.15) is 5.26 Å². The number of unbranched alkanes of at least 4 members (excludes halogenated alkanes) is 4. The van der Waals surface area contributed by atoms with Crippen molar-refractivity contribution in [2.45, 2.75) is 100 Å². The largest absolute Gasteiger partial charge is 0.512 e. The van der Waals surface area contributed by atoms with Crippen molar-refractivity contribution in [2.75, 3.05) is 4.72 Å². The molecular weight excluding hydrogens is 512 g/mol. The summed E-state index contributed by atoms with van der Waals surface area (Å²) in [5.41, 5.74) is 0.473. The first-order chi connectivity index (χ1) is 18.7. The molecule has 0 bridgehead atoms. The van der Waals surface area contributed by atoms with E-state index in [0.29, 0.717) is 36.1 Å². The Labute approximate surface area is 231 Å². The molecule has 0 atom stereocenters. The molecule has 1 fully saturated rings. The van der Waals surface area contributed by atoms with Crippen molar-refractivity contribution in [3.8, 4) is 6.07 Å². The van der Waals surface area contributed by atoms with Gasteiger partial charge in [-0.15, -0.1) is 0 Å². The minimum atomic E-state index is -3.88. The molecule has 0 aromatic heterocycles. The van der Waals surface area contributed by atoms with Crippen molar-refractivity contribution in [1.82, 2.24) is 0 Å². The number of hydrogen-bond acceptors (Lipinski definition) is 6. The topological polar surface area (TPSA) is 116 Å². The monoisotopic (exact) mass is 550 g/mol. The number of sulfonamides is 1. The molecule has 39 heavy (non-hydrogen) atoms. The molecule has 1 heterocycles. The molecule has 1 saturated carbocycles. The summed E-state index contributed by atoms with van der Waals surface area (Å²) in [6.07, 6.45) is 9.31. The van der Waals surface area contributed by atoms with Crippen LogP contribution in [0.1, 0.15) is 95.6 Å². The fourth-order valence-corrected chi connectivity index (χ4v) is 6.73. The Kier molecular flexibility index (Phi) is 8.70. The molecule has 0 spiro atoms. The number of nitrogens with zero attached hydrogens (tertiary/aromatic N) is 1. The number of esters is 1. The highest BCUT2D eigenvalue weighted by molar-refractivity contribution is 7.92. The summed E-state index contributed by atoms with van der Waals surface area (Å²) in [4.78, 5) is 13.6. The van der Waals surface area contributed by atoms with Crippen molar-refractivity contribution in [3.63, 3.8) is 0 Å². The number of cyclic esters (lactones) is 1. The summed E-state index contributed by atoms with van der Waals surface area (Å²) < 4.78 is 34.7. The Morgan fingerprint density at radius 1 is 1.00 bits per heavy atom. The molecule has 4 rings (SSSR count). The Balaban J connectivity index is 1.59. The summed E-state index contributed by atoms with van der Waals surface area (Å²) in [6, 6.07) is 14.7. The van der Waals surface area contributed by atoms with Crippen molar-refractivity contribution in [2.24, 2.45) is 0 Å². The third-order valence-corrected chi connectivity index (χ3v) is 9.35. The maximum absolute atomic E-state index is 13.5. The van der Waals surface area contributed by atoms with Crippen molar-refractivity contribution in [1.29, 1.82) is 5.26 Å². The number of aliphatic hydroxyl groups is 1. The molecule has 2 N–H and O–H groups in total. The molecule has 0 saturated heterocycles. The van der Waals surface area contributed by atoms with Crippen LogP contribution < -0.4 is 4.72 Å². The smallest absolute Gasteiger partial charge is 0.338 e. The summed E-state index contributed by atoms with van der Waals surface area (Å²) in [7, 11) is -3.88. The highest BCUT2D eigenvalue weighted by Crippen LogP contribution is 2.57. The van der Waals surface area contributed by atoms with Gasteiger partial charge in [0.1, 0.15) is 11.4 Å². The van der Waals surface area contributed by atoms with Crippen LogP contribution in [0.25, 0.3) is 0 Å². The van der Waals surface area contributed by atoms with Gasteiger partial charge in [-0.3, -0.25) is 4.72 Å². The predicted octanol–water partition coefficient (Wildman–Crippen LogP) is 7.05. The van der Waals surface area contributed by atoms with Gasteiger partial charge < -0.3 is 9.84 Å². The van der Waals surface area contributed by atoms with Gasteiger partial charge in [0.05, 0.1) is 22.1 Å². The second-order valence-electron chi connectivity index (χ2n) is 10.9. The van der Waals surface area contributed by atoms with E-state index in [1.807, 2.05) is 12.1 Å². The number of carbonyl (C=O) groups excluding carboxylic acids is 1. The average Bonchev–Trinajstić information content (AvgIpc) is 3.70. The van der Waals surface area contributed by atoms with Gasteiger partial charge in [0.2, 0.25) is 0 Å². The fraction of sp³-hybridized carbons (Fsp3) is 0.484. The van der Waals surface area contributed by atoms with E-state index in [0.717, 1.165) is 56.9 Å². The molecule has 0 amide bonds. The maximum atomic E-state index is 13.5. The molecule has 2 aliphatic rings. The number of hydrogen-bond donors (Lipinski definition) is 2. The van der Waals surface area contributed by atoms with Gasteiger partial charge in [-0.05, 0) is 80.5 Å². The zero-order valence-corrected chi connectivity index (χ0v) is 23.6. The van der Waals surface area contributed by atoms with E-state index in [-0.39, 0.29) is 10.7 Å². The fourth-order valence-electron chi connectivity index (χ4n) is 5.68. The van der Waals surface area contributed by atoms with Gasteiger partial charge in [0.15, 0.2) is 0 Å². The first-order valence-electron chi connectivity index (χ1n) is 14.0. The van der Waals surface area contributed by atoms with E-state index >= 15 is 0 Å². The predicted molar refractivity (Wildman–Crippen MR) is 151 cm³/mol. The van der Waals surface area contributed by atoms with Crippen molar-refractivity contribution >= 4 is 21.7 Å². The van der Waals surface area contributed by atoms with Crippen molar-refractivity contribution < 1.29 is 23.1 Å². The minimum absolute atomic E-state index is 0.0479. The van der Waals surface area contributed by atoms with Gasteiger partial charge in [0, 0.05) is 17.5 Å². The Bertz CT molecular complexity index is 1360. The molecule has 1 aliphatic carbocycles. The van der Waals surface area contributed by atoms with E-state index in [2.05, 4.69) is 18.6 Å². The quantitative estimate of drug-likeness (QED) is 0.204. The minimum Gasteiger partial charge on any atom is -0.512 e. The van der Waals surface area contributed by atoms with Crippen LogP contribution in [0.3, 0.4) is 0 Å². The molecule has 0 radical (unpaired) electrons. The highest BCUT2D eigenvalue weighted by atomic mass is 32.2. The number of benzene rings is 2. The molecular formula is C31H38N2O5S. The standard InChI is InChI=1S/C31H38N2O5S/c1-3-5-7-16-30(17-8-6-4-2)21-27(34)28(29(35)38-30)31(18-19-31)24-10-9-11-25(20-24)33-39(36,37)26-14-12-23(22-32)13-15-26/h9-15,20,33-34H,3-8,16-19,21H2,1-2H3. The lowest BCUT2D eigenvalue weighted by molar-refractivity contribution is -0.161. The van der Waals surface area contributed by atoms with Crippen LogP contribution in [-0.2, 0) is 25.0 Å². The zero-order valence-electron chi connectivity index (χ0n) is 22.8. The van der Waals surface area contributed by atoms with E-state index < -0.39 is 27.0 Å². The third-order valence-electron chi connectivity index (χ3n) is 7.95. The molecule has 208 valence electrons. The first-order valence-corrected chi connectivity index (χ1v) is 15.5. The Morgan fingerprint density at radius 3 is 2.18 bits per heavy atom. The summed E-state index contributed by atoms with van der Waals surface area (Å²) in [5.74, 6) is -0.340. The number of ether oxygens (including phenoxy) is 1. The van der Waals surface area contributed by atoms with E-state index in [9.17, 15) is 18.3 Å². The lowest BCUT2D eigenvalue weighted by Gasteiger charge is -2.39. The molecule has 2 aromatic rings. The Hall–Kier alpha value is -3.31. The third kappa shape index (κ3) is 6.30. The van der Waals surface area contributed by atoms with Gasteiger partial charge in [-0.25, -0.2) is 13.2 Å². The second kappa shape index (κ2) is 11.8. The second-order valence-corrected chi connectivity index (χ2v) is 12.6. The number of aliphatic hydroxyl groups excluding tert-OH is 1. The van der Waals surface area contributed by atoms with E-state index in [1.165, 1.54) is 24.3 Å². The van der Waals surface area contributed by atoms with E-state index in [4.69, 9.17) is 10.00 Å². The number of nitrogens with one attached hydrogen (secondary N) is 1. The number of carbonyl (C=O) groups is 1. The lowest BCUT2D eigenvalue weighted by atomic mass is 9.79. The molecule has 0 unspecified atom stereocenters. The SMILES string of the molecule is CCCCCC1(CCCCC)CC(O)=C(C2(c3cccc(NS(=O)(=O)c4ccc(C#N)cc4)c3)CC2)C(=O)O1. The van der Waals surface area contributed by atoms with Crippen LogP contribution in [-0.4, -0.2) is 25.1 Å². The zero-order chi connectivity index (χ0) is 28.1. The molecule has 2 aromatic carbocycles. The van der Waals surface area contributed by atoms with Gasteiger partial charge in [0.25, 0.3) is 10.0 Å². The highest BCUT2D eigenvalue weighted by Gasteiger charge is 2.56. The summed E-state index contributed by atoms with van der Waals surface area (Å²) in [6.45, 7) is 4.28. The van der Waals surface area contributed by atoms with Gasteiger partial charge in [-0.1, -0.05) is 51.7 Å². The Morgan fingerprint density at radius 2 is 1.64 bits per heavy atom. The molecule has 8 heteroatoms. The number of nitriles is 1. The van der Waals surface area contributed by atoms with Gasteiger partial charge >= 0.3 is 5.97 Å². The number of rotatable bonds is 13. The van der Waals surface area contributed by atoms with Crippen molar-refractivity contribution in [3.05, 3.63) is 71.0 Å². The maximum Gasteiger partial charge on any atom is 0.338 e. The lowest BCUT2D eigenvalue weighted by Crippen LogP contribution is -2.42. The number of anilines is 1. The van der Waals surface area contributed by atoms with Crippen LogP contribution >= 0.6 is 0 Å². The average molecular weight is 551 g/mol. The summed E-state index contributed by atoms with van der Waals surface area (Å²) >= 11 is 0. The van der Waals surface area contributed by atoms with Crippen LogP contribution in [0.5, 0.6) is 0 Å².